The Labute approximate surface area is 105 Å². The fourth-order valence-electron chi connectivity index (χ4n) is 2.36. The number of nitrogens with zero attached hydrogens (tertiary/aromatic N) is 3. The number of benzene rings is 1. The molecule has 18 heavy (non-hydrogen) atoms. The number of pyridine rings is 1. The molecule has 1 unspecified atom stereocenters. The first-order valence-electron chi connectivity index (χ1n) is 6.01. The second-order valence-electron chi connectivity index (χ2n) is 4.55. The third kappa shape index (κ3) is 1.79. The molecule has 1 aromatic heterocycles. The van der Waals surface area contributed by atoms with Crippen molar-refractivity contribution in [2.75, 3.05) is 18.0 Å². The Morgan fingerprint density at radius 3 is 2.94 bits per heavy atom. The van der Waals surface area contributed by atoms with E-state index in [9.17, 15) is 10.4 Å². The van der Waals surface area contributed by atoms with E-state index in [1.807, 2.05) is 35.2 Å². The molecule has 4 nitrogen and oxygen atoms in total. The highest BCUT2D eigenvalue weighted by atomic mass is 16.3. The molecule has 2 heterocycles. The highest BCUT2D eigenvalue weighted by molar-refractivity contribution is 5.83. The predicted octanol–water partition coefficient (Wildman–Crippen LogP) is 1.68. The molecule has 4 heteroatoms. The molecule has 1 saturated heterocycles. The van der Waals surface area contributed by atoms with Crippen LogP contribution in [0, 0.1) is 11.3 Å². The maximum absolute atomic E-state index is 9.59. The summed E-state index contributed by atoms with van der Waals surface area (Å²) in [6.07, 6.45) is 0.421. The first kappa shape index (κ1) is 11.0. The summed E-state index contributed by atoms with van der Waals surface area (Å²) in [6, 6.07) is 11.8. The largest absolute Gasteiger partial charge is 0.391 e. The van der Waals surface area contributed by atoms with Crippen LogP contribution in [0.3, 0.4) is 0 Å². The summed E-state index contributed by atoms with van der Waals surface area (Å²) in [5.41, 5.74) is 1.45. The minimum atomic E-state index is -0.315. The summed E-state index contributed by atoms with van der Waals surface area (Å²) >= 11 is 0. The van der Waals surface area contributed by atoms with E-state index >= 15 is 0 Å². The number of nitriles is 1. The smallest absolute Gasteiger partial charge is 0.147 e. The predicted molar refractivity (Wildman–Crippen MR) is 69.3 cm³/mol. The Bertz CT molecular complexity index is 632. The van der Waals surface area contributed by atoms with Crippen LogP contribution in [-0.4, -0.2) is 29.3 Å². The van der Waals surface area contributed by atoms with Crippen LogP contribution in [0.2, 0.25) is 0 Å². The molecule has 1 aliphatic rings. The lowest BCUT2D eigenvalue weighted by molar-refractivity contribution is 0.198. The molecule has 0 bridgehead atoms. The number of hydrogen-bond donors (Lipinski definition) is 1. The number of aliphatic hydroxyl groups is 1. The molecule has 3 rings (SSSR count). The summed E-state index contributed by atoms with van der Waals surface area (Å²) in [6.45, 7) is 1.31. The molecule has 0 amide bonds. The quantitative estimate of drug-likeness (QED) is 0.822. The van der Waals surface area contributed by atoms with Crippen LogP contribution < -0.4 is 4.90 Å². The lowest BCUT2D eigenvalue weighted by Gasteiger charge is -2.18. The van der Waals surface area contributed by atoms with Gasteiger partial charge in [-0.2, -0.15) is 5.26 Å². The van der Waals surface area contributed by atoms with Gasteiger partial charge in [-0.15, -0.1) is 0 Å². The van der Waals surface area contributed by atoms with E-state index < -0.39 is 0 Å². The van der Waals surface area contributed by atoms with Gasteiger partial charge in [0.15, 0.2) is 0 Å². The third-order valence-corrected chi connectivity index (χ3v) is 3.29. The average molecular weight is 239 g/mol. The van der Waals surface area contributed by atoms with Crippen LogP contribution in [0.25, 0.3) is 10.9 Å². The summed E-state index contributed by atoms with van der Waals surface area (Å²) in [4.78, 5) is 6.54. The number of aromatic nitrogens is 1. The Morgan fingerprint density at radius 2 is 2.22 bits per heavy atom. The van der Waals surface area contributed by atoms with E-state index in [0.717, 1.165) is 23.9 Å². The number of hydrogen-bond acceptors (Lipinski definition) is 4. The molecule has 0 saturated carbocycles. The van der Waals surface area contributed by atoms with Crippen molar-refractivity contribution >= 4 is 16.7 Å². The van der Waals surface area contributed by atoms with Gasteiger partial charge in [0.2, 0.25) is 0 Å². The normalized spacial score (nSPS) is 19.1. The van der Waals surface area contributed by atoms with Crippen LogP contribution in [0.15, 0.2) is 30.3 Å². The Kier molecular flexibility index (Phi) is 2.62. The number of para-hydroxylation sites is 1. The third-order valence-electron chi connectivity index (χ3n) is 3.29. The van der Waals surface area contributed by atoms with Gasteiger partial charge in [0, 0.05) is 18.5 Å². The van der Waals surface area contributed by atoms with Crippen LogP contribution >= 0.6 is 0 Å². The fourth-order valence-corrected chi connectivity index (χ4v) is 2.36. The molecule has 0 radical (unpaired) electrons. The lowest BCUT2D eigenvalue weighted by atomic mass is 10.1. The molecule has 0 aliphatic carbocycles. The zero-order valence-corrected chi connectivity index (χ0v) is 9.87. The average Bonchev–Trinajstić information content (AvgIpc) is 2.83. The maximum atomic E-state index is 9.59. The zero-order valence-electron chi connectivity index (χ0n) is 9.87. The zero-order chi connectivity index (χ0) is 12.5. The van der Waals surface area contributed by atoms with Gasteiger partial charge in [0.1, 0.15) is 11.9 Å². The van der Waals surface area contributed by atoms with E-state index in [2.05, 4.69) is 11.1 Å². The van der Waals surface area contributed by atoms with E-state index in [1.165, 1.54) is 0 Å². The molecule has 2 aromatic rings. The van der Waals surface area contributed by atoms with Crippen molar-refractivity contribution in [3.05, 3.63) is 35.9 Å². The van der Waals surface area contributed by atoms with Crippen molar-refractivity contribution in [2.45, 2.75) is 12.5 Å². The Hall–Kier alpha value is -2.12. The van der Waals surface area contributed by atoms with Crippen LogP contribution in [0.1, 0.15) is 12.0 Å². The van der Waals surface area contributed by atoms with Gasteiger partial charge in [-0.1, -0.05) is 18.2 Å². The minimum Gasteiger partial charge on any atom is -0.391 e. The molecule has 1 fully saturated rings. The second kappa shape index (κ2) is 4.28. The highest BCUT2D eigenvalue weighted by Crippen LogP contribution is 2.25. The number of rotatable bonds is 1. The fraction of sp³-hybridized carbons (Fsp3) is 0.286. The van der Waals surface area contributed by atoms with E-state index in [4.69, 9.17) is 0 Å². The SMILES string of the molecule is N#Cc1cc2ccccc2nc1N1CCC(O)C1. The van der Waals surface area contributed by atoms with Crippen molar-refractivity contribution in [1.82, 2.24) is 4.98 Å². The molecule has 90 valence electrons. The number of anilines is 1. The van der Waals surface area contributed by atoms with E-state index in [1.54, 1.807) is 0 Å². The maximum Gasteiger partial charge on any atom is 0.147 e. The summed E-state index contributed by atoms with van der Waals surface area (Å²) in [5.74, 6) is 0.688. The Morgan fingerprint density at radius 1 is 1.39 bits per heavy atom. The molecular formula is C14H13N3O. The van der Waals surface area contributed by atoms with Gasteiger partial charge in [-0.25, -0.2) is 4.98 Å². The molecular weight excluding hydrogens is 226 g/mol. The van der Waals surface area contributed by atoms with E-state index in [0.29, 0.717) is 17.9 Å². The van der Waals surface area contributed by atoms with Gasteiger partial charge >= 0.3 is 0 Å². The number of aliphatic hydroxyl groups excluding tert-OH is 1. The molecule has 1 N–H and O–H groups in total. The van der Waals surface area contributed by atoms with Crippen molar-refractivity contribution in [2.24, 2.45) is 0 Å². The van der Waals surface area contributed by atoms with Gasteiger partial charge in [0.25, 0.3) is 0 Å². The van der Waals surface area contributed by atoms with Crippen molar-refractivity contribution in [1.29, 1.82) is 5.26 Å². The molecule has 1 atom stereocenters. The second-order valence-corrected chi connectivity index (χ2v) is 4.55. The topological polar surface area (TPSA) is 60.2 Å². The highest BCUT2D eigenvalue weighted by Gasteiger charge is 2.23. The summed E-state index contributed by atoms with van der Waals surface area (Å²) < 4.78 is 0. The molecule has 0 spiro atoms. The van der Waals surface area contributed by atoms with Crippen LogP contribution in [0.5, 0.6) is 0 Å². The van der Waals surface area contributed by atoms with Crippen molar-refractivity contribution in [3.8, 4) is 6.07 Å². The van der Waals surface area contributed by atoms with Gasteiger partial charge in [0.05, 0.1) is 17.2 Å². The first-order valence-corrected chi connectivity index (χ1v) is 6.01. The summed E-state index contributed by atoms with van der Waals surface area (Å²) in [5, 5.41) is 19.8. The monoisotopic (exact) mass is 239 g/mol. The number of β-amino-alcohol motifs (C(OH)–C–C–N with tert-alkyl or cyclic N) is 1. The standard InChI is InChI=1S/C14H13N3O/c15-8-11-7-10-3-1-2-4-13(10)16-14(11)17-6-5-12(18)9-17/h1-4,7,12,18H,5-6,9H2. The van der Waals surface area contributed by atoms with Gasteiger partial charge in [-0.05, 0) is 18.6 Å². The minimum absolute atomic E-state index is 0.315. The number of fused-ring (bicyclic) bond motifs is 1. The Balaban J connectivity index is 2.13. The molecule has 1 aromatic carbocycles. The van der Waals surface area contributed by atoms with E-state index in [-0.39, 0.29) is 6.10 Å². The van der Waals surface area contributed by atoms with Gasteiger partial charge in [-0.3, -0.25) is 0 Å². The lowest BCUT2D eigenvalue weighted by Crippen LogP contribution is -2.23. The van der Waals surface area contributed by atoms with Gasteiger partial charge < -0.3 is 10.0 Å². The summed E-state index contributed by atoms with van der Waals surface area (Å²) in [7, 11) is 0. The van der Waals surface area contributed by atoms with Crippen LogP contribution in [-0.2, 0) is 0 Å². The molecule has 1 aliphatic heterocycles. The van der Waals surface area contributed by atoms with Crippen LogP contribution in [0.4, 0.5) is 5.82 Å². The first-order chi connectivity index (χ1) is 8.78. The van der Waals surface area contributed by atoms with Crippen molar-refractivity contribution < 1.29 is 5.11 Å². The van der Waals surface area contributed by atoms with Crippen molar-refractivity contribution in [3.63, 3.8) is 0 Å².